The van der Waals surface area contributed by atoms with E-state index in [4.69, 9.17) is 4.84 Å². The topological polar surface area (TPSA) is 21.3 Å². The summed E-state index contributed by atoms with van der Waals surface area (Å²) in [4.78, 5) is 5.97. The molecule has 0 aromatic heterocycles. The van der Waals surface area contributed by atoms with Crippen LogP contribution in [-0.2, 0) is 4.84 Å². The number of hydroxylamine groups is 1. The molecule has 0 aliphatic heterocycles. The Bertz CT molecular complexity index is 579. The van der Waals surface area contributed by atoms with Crippen molar-refractivity contribution in [1.82, 2.24) is 5.48 Å². The Hall–Kier alpha value is -1.90. The van der Waals surface area contributed by atoms with Gasteiger partial charge in [0, 0.05) is 6.04 Å². The van der Waals surface area contributed by atoms with Crippen LogP contribution < -0.4 is 5.48 Å². The summed E-state index contributed by atoms with van der Waals surface area (Å²) in [6.45, 7) is 4.36. The van der Waals surface area contributed by atoms with Gasteiger partial charge in [0.2, 0.25) is 0 Å². The first-order chi connectivity index (χ1) is 11.8. The van der Waals surface area contributed by atoms with Crippen LogP contribution in [0, 0.1) is 0 Å². The van der Waals surface area contributed by atoms with Crippen molar-refractivity contribution in [3.63, 3.8) is 0 Å². The molecule has 1 N–H and O–H groups in total. The van der Waals surface area contributed by atoms with E-state index in [1.54, 1.807) is 0 Å². The first kappa shape index (κ1) is 18.4. The second-order valence-electron chi connectivity index (χ2n) is 6.22. The van der Waals surface area contributed by atoms with Gasteiger partial charge in [0.25, 0.3) is 0 Å². The molecule has 0 radical (unpaired) electrons. The second kappa shape index (κ2) is 10.8. The van der Waals surface area contributed by atoms with Crippen LogP contribution in [0.3, 0.4) is 0 Å². The number of hydrogen-bond acceptors (Lipinski definition) is 2. The number of rotatable bonds is 10. The second-order valence-corrected chi connectivity index (χ2v) is 6.22. The van der Waals surface area contributed by atoms with E-state index in [-0.39, 0.29) is 6.10 Å². The summed E-state index contributed by atoms with van der Waals surface area (Å²) in [6, 6.07) is 21.2. The number of hydrogen-bond donors (Lipinski definition) is 1. The lowest BCUT2D eigenvalue weighted by atomic mass is 10.1. The average molecular weight is 323 g/mol. The van der Waals surface area contributed by atoms with Crippen molar-refractivity contribution in [2.24, 2.45) is 0 Å². The molecule has 0 spiro atoms. The molecule has 0 heterocycles. The predicted molar refractivity (Wildman–Crippen MR) is 102 cm³/mol. The summed E-state index contributed by atoms with van der Waals surface area (Å²) in [7, 11) is 0. The van der Waals surface area contributed by atoms with Gasteiger partial charge < -0.3 is 0 Å². The van der Waals surface area contributed by atoms with E-state index < -0.39 is 0 Å². The van der Waals surface area contributed by atoms with Crippen molar-refractivity contribution in [3.8, 4) is 0 Å². The fourth-order valence-corrected chi connectivity index (χ4v) is 2.61. The molecule has 2 aromatic carbocycles. The molecule has 24 heavy (non-hydrogen) atoms. The number of allylic oxidation sites excluding steroid dienone is 1. The minimum atomic E-state index is 0.124. The Balaban J connectivity index is 1.73. The normalized spacial score (nSPS) is 13.9. The molecule has 128 valence electrons. The van der Waals surface area contributed by atoms with E-state index in [1.165, 1.54) is 11.1 Å². The van der Waals surface area contributed by atoms with Crippen molar-refractivity contribution >= 4 is 6.08 Å². The lowest BCUT2D eigenvalue weighted by Gasteiger charge is -2.21. The van der Waals surface area contributed by atoms with Crippen LogP contribution in [0.1, 0.15) is 56.8 Å². The van der Waals surface area contributed by atoms with E-state index in [9.17, 15) is 0 Å². The quantitative estimate of drug-likeness (QED) is 0.547. The molecule has 0 aliphatic carbocycles. The van der Waals surface area contributed by atoms with E-state index >= 15 is 0 Å². The smallest absolute Gasteiger partial charge is 0.104 e. The van der Waals surface area contributed by atoms with E-state index in [0.717, 1.165) is 25.7 Å². The lowest BCUT2D eigenvalue weighted by molar-refractivity contribution is -0.0480. The zero-order chi connectivity index (χ0) is 17.0. The summed E-state index contributed by atoms with van der Waals surface area (Å²) in [5.41, 5.74) is 5.72. The molecular weight excluding hydrogens is 294 g/mol. The van der Waals surface area contributed by atoms with Crippen molar-refractivity contribution in [3.05, 3.63) is 77.9 Å². The van der Waals surface area contributed by atoms with Crippen LogP contribution >= 0.6 is 0 Å². The highest BCUT2D eigenvalue weighted by molar-refractivity contribution is 5.48. The fourth-order valence-electron chi connectivity index (χ4n) is 2.61. The molecule has 0 aliphatic rings. The summed E-state index contributed by atoms with van der Waals surface area (Å²) < 4.78 is 0. The molecule has 0 saturated carbocycles. The van der Waals surface area contributed by atoms with Crippen molar-refractivity contribution in [2.45, 2.75) is 51.7 Å². The molecule has 2 nitrogen and oxygen atoms in total. The van der Waals surface area contributed by atoms with Gasteiger partial charge >= 0.3 is 0 Å². The summed E-state index contributed by atoms with van der Waals surface area (Å²) in [5.74, 6) is 0. The molecule has 2 atom stereocenters. The minimum Gasteiger partial charge on any atom is -0.293 e. The molecule has 0 bridgehead atoms. The standard InChI is InChI=1S/C22H29NO/c1-3-12-22(21-17-8-5-9-18-21)24-23-19(2)13-10-11-16-20-14-6-4-7-15-20/h4-9,11,14-19,22-23H,3,10,12-13H2,1-2H3/b16-11+. The van der Waals surface area contributed by atoms with Crippen LogP contribution in [0.15, 0.2) is 66.7 Å². The summed E-state index contributed by atoms with van der Waals surface area (Å²) in [6.07, 6.45) is 8.75. The molecule has 2 unspecified atom stereocenters. The van der Waals surface area contributed by atoms with Gasteiger partial charge in [0.15, 0.2) is 0 Å². The monoisotopic (exact) mass is 323 g/mol. The summed E-state index contributed by atoms with van der Waals surface area (Å²) in [5, 5.41) is 0. The minimum absolute atomic E-state index is 0.124. The fraction of sp³-hybridized carbons (Fsp3) is 0.364. The number of nitrogens with one attached hydrogen (secondary N) is 1. The van der Waals surface area contributed by atoms with Gasteiger partial charge in [-0.25, -0.2) is 0 Å². The van der Waals surface area contributed by atoms with Crippen LogP contribution in [0.5, 0.6) is 0 Å². The zero-order valence-corrected chi connectivity index (χ0v) is 14.8. The van der Waals surface area contributed by atoms with Crippen LogP contribution in [-0.4, -0.2) is 6.04 Å². The average Bonchev–Trinajstić information content (AvgIpc) is 2.64. The highest BCUT2D eigenvalue weighted by Crippen LogP contribution is 2.21. The van der Waals surface area contributed by atoms with E-state index in [1.807, 2.05) is 12.1 Å². The Kier molecular flexibility index (Phi) is 8.29. The van der Waals surface area contributed by atoms with Crippen LogP contribution in [0.4, 0.5) is 0 Å². The van der Waals surface area contributed by atoms with Gasteiger partial charge in [-0.15, -0.1) is 0 Å². The first-order valence-electron chi connectivity index (χ1n) is 8.97. The summed E-state index contributed by atoms with van der Waals surface area (Å²) >= 11 is 0. The third-order valence-corrected chi connectivity index (χ3v) is 4.01. The maximum Gasteiger partial charge on any atom is 0.104 e. The maximum atomic E-state index is 5.97. The van der Waals surface area contributed by atoms with Gasteiger partial charge in [0.05, 0.1) is 0 Å². The molecule has 0 amide bonds. The Morgan fingerprint density at radius 1 is 0.958 bits per heavy atom. The molecule has 2 heteroatoms. The predicted octanol–water partition coefficient (Wildman–Crippen LogP) is 5.93. The van der Waals surface area contributed by atoms with Crippen molar-refractivity contribution < 1.29 is 4.84 Å². The van der Waals surface area contributed by atoms with Gasteiger partial charge in [-0.1, -0.05) is 86.2 Å². The molecule has 0 saturated heterocycles. The van der Waals surface area contributed by atoms with Crippen LogP contribution in [0.25, 0.3) is 6.08 Å². The first-order valence-corrected chi connectivity index (χ1v) is 8.97. The maximum absolute atomic E-state index is 5.97. The zero-order valence-electron chi connectivity index (χ0n) is 14.8. The molecular formula is C22H29NO. The van der Waals surface area contributed by atoms with Gasteiger partial charge in [-0.3, -0.25) is 4.84 Å². The van der Waals surface area contributed by atoms with Crippen LogP contribution in [0.2, 0.25) is 0 Å². The lowest BCUT2D eigenvalue weighted by Crippen LogP contribution is -2.28. The Morgan fingerprint density at radius 2 is 1.62 bits per heavy atom. The molecule has 2 rings (SSSR count). The van der Waals surface area contributed by atoms with Gasteiger partial charge in [0.1, 0.15) is 6.10 Å². The van der Waals surface area contributed by atoms with Gasteiger partial charge in [-0.2, -0.15) is 5.48 Å². The number of benzene rings is 2. The van der Waals surface area contributed by atoms with Crippen molar-refractivity contribution in [2.75, 3.05) is 0 Å². The Labute approximate surface area is 146 Å². The SMILES string of the molecule is CCCC(ONC(C)CC/C=C/c1ccccc1)c1ccccc1. The molecule has 0 fully saturated rings. The van der Waals surface area contributed by atoms with E-state index in [0.29, 0.717) is 6.04 Å². The largest absolute Gasteiger partial charge is 0.293 e. The van der Waals surface area contributed by atoms with Gasteiger partial charge in [-0.05, 0) is 37.3 Å². The third kappa shape index (κ3) is 6.69. The Morgan fingerprint density at radius 3 is 2.29 bits per heavy atom. The van der Waals surface area contributed by atoms with Crippen molar-refractivity contribution in [1.29, 1.82) is 0 Å². The molecule has 2 aromatic rings. The third-order valence-electron chi connectivity index (χ3n) is 4.01. The highest BCUT2D eigenvalue weighted by atomic mass is 16.7. The van der Waals surface area contributed by atoms with E-state index in [2.05, 4.69) is 80.0 Å². The highest BCUT2D eigenvalue weighted by Gasteiger charge is 2.12.